The number of ketones is 1. The molecule has 0 aromatic carbocycles. The van der Waals surface area contributed by atoms with Gasteiger partial charge in [-0.15, -0.1) is 0 Å². The molecule has 0 unspecified atom stereocenters. The Morgan fingerprint density at radius 1 is 1.40 bits per heavy atom. The van der Waals surface area contributed by atoms with Crippen LogP contribution in [0.15, 0.2) is 22.8 Å². The van der Waals surface area contributed by atoms with E-state index in [1.165, 1.54) is 11.1 Å². The normalized spacial score (nSPS) is 18.3. The van der Waals surface area contributed by atoms with E-state index < -0.39 is 0 Å². The summed E-state index contributed by atoms with van der Waals surface area (Å²) in [5.41, 5.74) is 3.81. The van der Waals surface area contributed by atoms with E-state index in [0.29, 0.717) is 11.7 Å². The molecule has 0 radical (unpaired) electrons. The van der Waals surface area contributed by atoms with Crippen LogP contribution in [-0.4, -0.2) is 5.78 Å². The van der Waals surface area contributed by atoms with Crippen molar-refractivity contribution in [1.29, 1.82) is 0 Å². The van der Waals surface area contributed by atoms with Gasteiger partial charge in [0.15, 0.2) is 5.78 Å². The lowest BCUT2D eigenvalue weighted by Crippen LogP contribution is -2.06. The van der Waals surface area contributed by atoms with Gasteiger partial charge in [-0.05, 0) is 51.5 Å². The third-order valence-electron chi connectivity index (χ3n) is 3.13. The molecule has 1 aliphatic rings. The van der Waals surface area contributed by atoms with Crippen molar-refractivity contribution in [3.05, 3.63) is 22.8 Å². The largest absolute Gasteiger partial charge is 0.295 e. The Labute approximate surface area is 93.3 Å². The molecule has 0 amide bonds. The lowest BCUT2D eigenvalue weighted by molar-refractivity contribution is -0.115. The fraction of sp³-hybridized carbons (Fsp3) is 0.643. The van der Waals surface area contributed by atoms with E-state index in [0.717, 1.165) is 31.3 Å². The Bertz CT molecular complexity index is 303. The first kappa shape index (κ1) is 12.2. The van der Waals surface area contributed by atoms with Crippen LogP contribution in [0.2, 0.25) is 0 Å². The summed E-state index contributed by atoms with van der Waals surface area (Å²) in [6.45, 7) is 8.53. The number of carbonyl (C=O) groups is 1. The van der Waals surface area contributed by atoms with Gasteiger partial charge in [0.2, 0.25) is 0 Å². The highest BCUT2D eigenvalue weighted by Crippen LogP contribution is 2.30. The van der Waals surface area contributed by atoms with Gasteiger partial charge in [0.1, 0.15) is 0 Å². The average molecular weight is 206 g/mol. The van der Waals surface area contributed by atoms with Crippen LogP contribution in [0.1, 0.15) is 53.4 Å². The van der Waals surface area contributed by atoms with Crippen LogP contribution in [0.3, 0.4) is 0 Å². The number of allylic oxidation sites excluding steroid dienone is 4. The number of rotatable bonds is 4. The predicted octanol–water partition coefficient (Wildman–Crippen LogP) is 4.05. The molecule has 0 heterocycles. The number of carbonyl (C=O) groups excluding carboxylic acids is 1. The Hall–Kier alpha value is -0.850. The van der Waals surface area contributed by atoms with Crippen LogP contribution in [-0.2, 0) is 4.79 Å². The van der Waals surface area contributed by atoms with Gasteiger partial charge in [-0.1, -0.05) is 24.1 Å². The van der Waals surface area contributed by atoms with Crippen molar-refractivity contribution < 1.29 is 4.79 Å². The van der Waals surface area contributed by atoms with Crippen molar-refractivity contribution >= 4 is 5.78 Å². The Kier molecular flexibility index (Phi) is 4.31. The highest BCUT2D eigenvalue weighted by atomic mass is 16.1. The molecule has 0 saturated heterocycles. The Morgan fingerprint density at radius 2 is 2.07 bits per heavy atom. The molecule has 1 rings (SSSR count). The van der Waals surface area contributed by atoms with Crippen LogP contribution in [0, 0.1) is 5.92 Å². The number of hydrogen-bond donors (Lipinski definition) is 0. The third-order valence-corrected chi connectivity index (χ3v) is 3.13. The van der Waals surface area contributed by atoms with Crippen LogP contribution < -0.4 is 0 Å². The van der Waals surface area contributed by atoms with Gasteiger partial charge < -0.3 is 0 Å². The molecule has 1 aliphatic carbocycles. The third kappa shape index (κ3) is 3.33. The standard InChI is InChI=1S/C14H22O/c1-10(2)6-5-7-11(3)14-12(4)8-9-13(14)15/h6,11H,5,7-9H2,1-4H3/t11-/m1/s1. The second-order valence-corrected chi connectivity index (χ2v) is 4.88. The van der Waals surface area contributed by atoms with Crippen molar-refractivity contribution in [2.45, 2.75) is 53.4 Å². The number of Topliss-reactive ketones (excluding diaryl/α,β-unsaturated/α-hetero) is 1. The quantitative estimate of drug-likeness (QED) is 0.634. The second kappa shape index (κ2) is 5.29. The SMILES string of the molecule is CC(C)=CCC[C@@H](C)C1=C(C)CCC1=O. The molecular formula is C14H22O. The lowest BCUT2D eigenvalue weighted by Gasteiger charge is -2.12. The van der Waals surface area contributed by atoms with E-state index in [9.17, 15) is 4.79 Å². The lowest BCUT2D eigenvalue weighted by atomic mass is 9.92. The van der Waals surface area contributed by atoms with E-state index in [4.69, 9.17) is 0 Å². The van der Waals surface area contributed by atoms with Crippen molar-refractivity contribution in [3.63, 3.8) is 0 Å². The van der Waals surface area contributed by atoms with E-state index in [2.05, 4.69) is 33.8 Å². The molecule has 1 heteroatoms. The molecule has 0 aliphatic heterocycles. The van der Waals surface area contributed by atoms with E-state index in [1.54, 1.807) is 0 Å². The zero-order chi connectivity index (χ0) is 11.4. The maximum absolute atomic E-state index is 11.6. The first-order chi connectivity index (χ1) is 7.02. The van der Waals surface area contributed by atoms with Crippen molar-refractivity contribution in [2.24, 2.45) is 5.92 Å². The molecule has 0 bridgehead atoms. The minimum atomic E-state index is 0.386. The summed E-state index contributed by atoms with van der Waals surface area (Å²) in [6, 6.07) is 0. The zero-order valence-corrected chi connectivity index (χ0v) is 10.4. The molecular weight excluding hydrogens is 184 g/mol. The van der Waals surface area contributed by atoms with Crippen LogP contribution in [0.4, 0.5) is 0 Å². The van der Waals surface area contributed by atoms with Crippen molar-refractivity contribution in [3.8, 4) is 0 Å². The summed E-state index contributed by atoms with van der Waals surface area (Å²) in [6.07, 6.45) is 6.18. The first-order valence-electron chi connectivity index (χ1n) is 5.88. The second-order valence-electron chi connectivity index (χ2n) is 4.88. The molecule has 0 fully saturated rings. The minimum Gasteiger partial charge on any atom is -0.295 e. The van der Waals surface area contributed by atoms with Crippen LogP contribution in [0.25, 0.3) is 0 Å². The highest BCUT2D eigenvalue weighted by Gasteiger charge is 2.24. The summed E-state index contributed by atoms with van der Waals surface area (Å²) in [5, 5.41) is 0. The summed E-state index contributed by atoms with van der Waals surface area (Å²) < 4.78 is 0. The average Bonchev–Trinajstić information content (AvgIpc) is 2.45. The predicted molar refractivity (Wildman–Crippen MR) is 64.8 cm³/mol. The zero-order valence-electron chi connectivity index (χ0n) is 10.4. The van der Waals surface area contributed by atoms with Gasteiger partial charge in [0, 0.05) is 6.42 Å². The highest BCUT2D eigenvalue weighted by molar-refractivity contribution is 5.98. The minimum absolute atomic E-state index is 0.386. The molecule has 0 aromatic rings. The van der Waals surface area contributed by atoms with E-state index in [1.807, 2.05) is 0 Å². The molecule has 0 saturated carbocycles. The number of hydrogen-bond acceptors (Lipinski definition) is 1. The topological polar surface area (TPSA) is 17.1 Å². The van der Waals surface area contributed by atoms with Gasteiger partial charge in [0.25, 0.3) is 0 Å². The molecule has 15 heavy (non-hydrogen) atoms. The maximum atomic E-state index is 11.6. The van der Waals surface area contributed by atoms with E-state index in [-0.39, 0.29) is 0 Å². The van der Waals surface area contributed by atoms with Gasteiger partial charge in [-0.3, -0.25) is 4.79 Å². The molecule has 84 valence electrons. The van der Waals surface area contributed by atoms with Crippen LogP contribution >= 0.6 is 0 Å². The van der Waals surface area contributed by atoms with Gasteiger partial charge in [0.05, 0.1) is 0 Å². The summed E-state index contributed by atoms with van der Waals surface area (Å²) in [5.74, 6) is 0.827. The molecule has 0 N–H and O–H groups in total. The summed E-state index contributed by atoms with van der Waals surface area (Å²) >= 11 is 0. The fourth-order valence-electron chi connectivity index (χ4n) is 2.27. The Morgan fingerprint density at radius 3 is 2.53 bits per heavy atom. The maximum Gasteiger partial charge on any atom is 0.159 e. The molecule has 0 spiro atoms. The van der Waals surface area contributed by atoms with E-state index >= 15 is 0 Å². The monoisotopic (exact) mass is 206 g/mol. The van der Waals surface area contributed by atoms with Gasteiger partial charge in [-0.2, -0.15) is 0 Å². The summed E-state index contributed by atoms with van der Waals surface area (Å²) in [7, 11) is 0. The van der Waals surface area contributed by atoms with Gasteiger partial charge >= 0.3 is 0 Å². The molecule has 1 nitrogen and oxygen atoms in total. The van der Waals surface area contributed by atoms with Crippen molar-refractivity contribution in [1.82, 2.24) is 0 Å². The fourth-order valence-corrected chi connectivity index (χ4v) is 2.27. The first-order valence-corrected chi connectivity index (χ1v) is 5.88. The molecule has 1 atom stereocenters. The smallest absolute Gasteiger partial charge is 0.159 e. The summed E-state index contributed by atoms with van der Waals surface area (Å²) in [4.78, 5) is 11.6. The van der Waals surface area contributed by atoms with Crippen LogP contribution in [0.5, 0.6) is 0 Å². The van der Waals surface area contributed by atoms with Gasteiger partial charge in [-0.25, -0.2) is 0 Å². The van der Waals surface area contributed by atoms with Crippen molar-refractivity contribution in [2.75, 3.05) is 0 Å². The molecule has 0 aromatic heterocycles. The Balaban J connectivity index is 2.54.